The molecule has 0 saturated carbocycles. The second-order valence-corrected chi connectivity index (χ2v) is 4.20. The Hall–Kier alpha value is -2.12. The van der Waals surface area contributed by atoms with Crippen molar-refractivity contribution < 1.29 is 26.7 Å². The number of benzene rings is 2. The van der Waals surface area contributed by atoms with Crippen LogP contribution >= 0.6 is 9.58 Å². The average molecular weight is 521 g/mol. The number of rotatable bonds is 1. The van der Waals surface area contributed by atoms with E-state index in [1.807, 2.05) is 18.2 Å². The van der Waals surface area contributed by atoms with Gasteiger partial charge in [-0.1, -0.05) is 54.1 Å². The van der Waals surface area contributed by atoms with E-state index in [0.29, 0.717) is 11.4 Å². The van der Waals surface area contributed by atoms with Crippen LogP contribution in [0.15, 0.2) is 66.9 Å². The molecule has 0 amide bonds. The first-order valence-electron chi connectivity index (χ1n) is 6.54. The summed E-state index contributed by atoms with van der Waals surface area (Å²) in [5, 5.41) is 0. The monoisotopic (exact) mass is 521 g/mol. The van der Waals surface area contributed by atoms with Crippen molar-refractivity contribution in [3.05, 3.63) is 96.0 Å². The van der Waals surface area contributed by atoms with Gasteiger partial charge in [0.25, 0.3) is 0 Å². The fourth-order valence-electron chi connectivity index (χ4n) is 1.65. The zero-order valence-corrected chi connectivity index (χ0v) is 15.4. The van der Waals surface area contributed by atoms with Crippen LogP contribution < -0.4 is 0 Å². The van der Waals surface area contributed by atoms with E-state index < -0.39 is 11.6 Å². The van der Waals surface area contributed by atoms with Crippen LogP contribution in [0.2, 0.25) is 0 Å². The van der Waals surface area contributed by atoms with Crippen molar-refractivity contribution in [2.45, 2.75) is 0 Å². The molecule has 3 rings (SSSR count). The summed E-state index contributed by atoms with van der Waals surface area (Å²) in [5.74, 6) is -1.29. The summed E-state index contributed by atoms with van der Waals surface area (Å²) in [6.45, 7) is 6.57. The molecular weight excluding hydrogens is 510 g/mol. The second-order valence-electron chi connectivity index (χ2n) is 4.20. The minimum absolute atomic E-state index is 0.187. The summed E-state index contributed by atoms with van der Waals surface area (Å²) in [7, 11) is 4.64. The van der Waals surface area contributed by atoms with Gasteiger partial charge in [0.05, 0.1) is 6.57 Å². The quantitative estimate of drug-likeness (QED) is 0.373. The van der Waals surface area contributed by atoms with Crippen LogP contribution in [0.5, 0.6) is 0 Å². The van der Waals surface area contributed by atoms with E-state index in [4.69, 9.17) is 6.57 Å². The predicted octanol–water partition coefficient (Wildman–Crippen LogP) is 5.75. The van der Waals surface area contributed by atoms with Gasteiger partial charge in [0.15, 0.2) is 5.69 Å². The van der Waals surface area contributed by atoms with Crippen molar-refractivity contribution in [2.24, 2.45) is 0 Å². The maximum atomic E-state index is 13.2. The molecule has 1 aromatic heterocycles. The number of hydrogen-bond donors (Lipinski definition) is 0. The van der Waals surface area contributed by atoms with E-state index in [-0.39, 0.29) is 5.56 Å². The molecule has 0 aliphatic carbocycles. The van der Waals surface area contributed by atoms with Crippen LogP contribution in [0.3, 0.4) is 0 Å². The fourth-order valence-corrected chi connectivity index (χ4v) is 1.65. The van der Waals surface area contributed by atoms with Crippen molar-refractivity contribution in [1.29, 1.82) is 0 Å². The summed E-state index contributed by atoms with van der Waals surface area (Å²) in [5.41, 5.74) is 1.34. The van der Waals surface area contributed by atoms with Crippen molar-refractivity contribution in [3.63, 3.8) is 0 Å². The number of para-hydroxylation sites is 1. The first-order chi connectivity index (χ1) is 11.7. The van der Waals surface area contributed by atoms with Crippen molar-refractivity contribution in [2.75, 3.05) is 0 Å². The average Bonchev–Trinajstić information content (AvgIpc) is 2.65. The van der Waals surface area contributed by atoms with E-state index in [9.17, 15) is 8.78 Å². The molecule has 0 radical (unpaired) electrons. The standard InChI is InChI=1S/C11H6F2N.C7H5N.ClH.Ir/c12-8-4-5-9(10(13)7-8)11-3-1-2-6-14-11;1-8-7-5-3-2-4-6-7;;/h1-4,6-7H;2-6H;1H;/q-1;;;+3/p-1. The molecule has 1 heterocycles. The molecule has 0 atom stereocenters. The summed E-state index contributed by atoms with van der Waals surface area (Å²) in [4.78, 5) is 7.17. The number of aromatic nitrogens is 1. The van der Waals surface area contributed by atoms with Gasteiger partial charge in [0, 0.05) is 17.8 Å². The molecule has 0 aliphatic rings. The Morgan fingerprint density at radius 3 is 2.21 bits per heavy atom. The van der Waals surface area contributed by atoms with Gasteiger partial charge in [-0.3, -0.25) is 8.78 Å². The molecule has 3 aromatic rings. The first-order valence-corrected chi connectivity index (χ1v) is 9.50. The Kier molecular flexibility index (Phi) is 9.48. The topological polar surface area (TPSA) is 17.2 Å². The zero-order valence-electron chi connectivity index (χ0n) is 12.2. The minimum atomic E-state index is -0.649. The Balaban J connectivity index is 0.000000245. The molecule has 2 nitrogen and oxygen atoms in total. The summed E-state index contributed by atoms with van der Waals surface area (Å²) in [6, 6.07) is 18.7. The molecule has 2 aromatic carbocycles. The van der Waals surface area contributed by atoms with E-state index >= 15 is 0 Å². The van der Waals surface area contributed by atoms with Gasteiger partial charge in [-0.05, 0) is 11.8 Å². The Labute approximate surface area is 154 Å². The second kappa shape index (κ2) is 11.4. The molecule has 0 fully saturated rings. The first kappa shape index (κ1) is 19.9. The third-order valence-corrected chi connectivity index (χ3v) is 2.66. The van der Waals surface area contributed by atoms with Gasteiger partial charge in [0.2, 0.25) is 0 Å². The van der Waals surface area contributed by atoms with E-state index in [0.717, 1.165) is 12.1 Å². The molecule has 0 unspecified atom stereocenters. The summed E-state index contributed by atoms with van der Waals surface area (Å²) < 4.78 is 25.8. The number of hydrogen-bond acceptors (Lipinski definition) is 1. The van der Waals surface area contributed by atoms with Crippen LogP contribution in [-0.4, -0.2) is 4.98 Å². The molecule has 0 aliphatic heterocycles. The van der Waals surface area contributed by atoms with Gasteiger partial charge in [-0.15, -0.1) is 12.1 Å². The fraction of sp³-hybridized carbons (Fsp3) is 0. The van der Waals surface area contributed by atoms with E-state index in [2.05, 4.69) is 25.5 Å². The molecular formula is C18H11ClF2IrN2+. The Morgan fingerprint density at radius 2 is 1.71 bits per heavy atom. The van der Waals surface area contributed by atoms with Crippen molar-refractivity contribution in [3.8, 4) is 11.3 Å². The molecule has 0 N–H and O–H groups in total. The Bertz CT molecular complexity index is 778. The molecule has 122 valence electrons. The van der Waals surface area contributed by atoms with Crippen LogP contribution in [0, 0.1) is 24.3 Å². The molecule has 0 spiro atoms. The predicted molar refractivity (Wildman–Crippen MR) is 87.0 cm³/mol. The van der Waals surface area contributed by atoms with Gasteiger partial charge >= 0.3 is 27.5 Å². The van der Waals surface area contributed by atoms with Gasteiger partial charge in [-0.2, -0.15) is 0 Å². The van der Waals surface area contributed by atoms with Crippen LogP contribution in [-0.2, 0) is 17.9 Å². The maximum absolute atomic E-state index is 13.2. The number of nitrogens with zero attached hydrogens (tertiary/aromatic N) is 2. The van der Waals surface area contributed by atoms with E-state index in [1.165, 1.54) is 17.9 Å². The third-order valence-electron chi connectivity index (χ3n) is 2.66. The van der Waals surface area contributed by atoms with Crippen molar-refractivity contribution in [1.82, 2.24) is 4.98 Å². The van der Waals surface area contributed by atoms with E-state index in [1.54, 1.807) is 36.5 Å². The van der Waals surface area contributed by atoms with Gasteiger partial charge in [0.1, 0.15) is 0 Å². The van der Waals surface area contributed by atoms with Gasteiger partial charge < -0.3 is 4.98 Å². The third kappa shape index (κ3) is 6.55. The SMILES string of the molecule is Fc1c[c-]c(-c2ccccn2)c(F)c1.[C-]#[N+]c1ccccc1.[Cl][Ir+2]. The van der Waals surface area contributed by atoms with Crippen molar-refractivity contribution >= 4 is 15.3 Å². The summed E-state index contributed by atoms with van der Waals surface area (Å²) in [6.07, 6.45) is 1.55. The molecule has 0 bridgehead atoms. The molecule has 6 heteroatoms. The zero-order chi connectivity index (χ0) is 17.8. The van der Waals surface area contributed by atoms with Gasteiger partial charge in [-0.25, -0.2) is 4.85 Å². The van der Waals surface area contributed by atoms with Crippen LogP contribution in [0.4, 0.5) is 14.5 Å². The van der Waals surface area contributed by atoms with Crippen LogP contribution in [0.25, 0.3) is 16.1 Å². The Morgan fingerprint density at radius 1 is 1.04 bits per heavy atom. The summed E-state index contributed by atoms with van der Waals surface area (Å²) >= 11 is 1.47. The molecule has 24 heavy (non-hydrogen) atoms. The normalized spacial score (nSPS) is 8.79. The van der Waals surface area contributed by atoms with Crippen LogP contribution in [0.1, 0.15) is 0 Å². The number of halogens is 3. The number of pyridine rings is 1. The molecule has 0 saturated heterocycles.